The van der Waals surface area contributed by atoms with Gasteiger partial charge in [-0.05, 0) is 30.2 Å². The van der Waals surface area contributed by atoms with Crippen molar-refractivity contribution in [2.75, 3.05) is 20.3 Å². The van der Waals surface area contributed by atoms with Crippen LogP contribution in [-0.4, -0.2) is 46.9 Å². The lowest BCUT2D eigenvalue weighted by atomic mass is 10.2. The molecule has 1 aliphatic rings. The molecular formula is C18H22N4O2. The van der Waals surface area contributed by atoms with Crippen molar-refractivity contribution in [2.24, 2.45) is 7.05 Å². The first-order valence-electron chi connectivity index (χ1n) is 8.04. The molecule has 3 heterocycles. The monoisotopic (exact) mass is 326 g/mol. The van der Waals surface area contributed by atoms with Gasteiger partial charge in [-0.2, -0.15) is 5.26 Å². The van der Waals surface area contributed by atoms with E-state index in [2.05, 4.69) is 16.0 Å². The molecule has 0 aromatic carbocycles. The lowest BCUT2D eigenvalue weighted by Crippen LogP contribution is -2.33. The van der Waals surface area contributed by atoms with E-state index in [0.29, 0.717) is 12.3 Å². The molecule has 2 aromatic rings. The molecule has 1 aliphatic heterocycles. The molecule has 1 fully saturated rings. The molecule has 6 nitrogen and oxygen atoms in total. The molecule has 24 heavy (non-hydrogen) atoms. The number of pyridine rings is 1. The molecule has 3 rings (SSSR count). The summed E-state index contributed by atoms with van der Waals surface area (Å²) < 4.78 is 13.3. The van der Waals surface area contributed by atoms with E-state index in [4.69, 9.17) is 14.7 Å². The lowest BCUT2D eigenvalue weighted by Gasteiger charge is -2.23. The Hall–Kier alpha value is -2.36. The lowest BCUT2D eigenvalue weighted by molar-refractivity contribution is 0.107. The van der Waals surface area contributed by atoms with Crippen LogP contribution in [0.25, 0.3) is 0 Å². The highest BCUT2D eigenvalue weighted by Crippen LogP contribution is 2.24. The van der Waals surface area contributed by atoms with Gasteiger partial charge in [-0.15, -0.1) is 0 Å². The molecule has 0 saturated carbocycles. The summed E-state index contributed by atoms with van der Waals surface area (Å²) in [6.45, 7) is 2.26. The van der Waals surface area contributed by atoms with Crippen molar-refractivity contribution < 1.29 is 9.47 Å². The molecule has 0 amide bonds. The van der Waals surface area contributed by atoms with Gasteiger partial charge in [0.25, 0.3) is 0 Å². The molecule has 0 unspecified atom stereocenters. The second-order valence-electron chi connectivity index (χ2n) is 6.13. The third kappa shape index (κ3) is 3.75. The highest BCUT2D eigenvalue weighted by atomic mass is 16.5. The van der Waals surface area contributed by atoms with Gasteiger partial charge in [-0.1, -0.05) is 0 Å². The SMILES string of the molecule is CO[C@@H]1C[C@@H](COc2cccnc2)N(Cc2cc(C#N)n(C)c2)C1. The van der Waals surface area contributed by atoms with Gasteiger partial charge in [0, 0.05) is 45.7 Å². The number of methoxy groups -OCH3 is 1. The van der Waals surface area contributed by atoms with Crippen LogP contribution in [0.2, 0.25) is 0 Å². The van der Waals surface area contributed by atoms with Crippen molar-refractivity contribution in [1.29, 1.82) is 5.26 Å². The van der Waals surface area contributed by atoms with Crippen LogP contribution < -0.4 is 4.74 Å². The largest absolute Gasteiger partial charge is 0.490 e. The van der Waals surface area contributed by atoms with E-state index in [1.54, 1.807) is 19.5 Å². The van der Waals surface area contributed by atoms with Gasteiger partial charge >= 0.3 is 0 Å². The summed E-state index contributed by atoms with van der Waals surface area (Å²) in [5.74, 6) is 0.782. The average molecular weight is 326 g/mol. The standard InChI is InChI=1S/C18H22N4O2/c1-21-10-14(6-15(21)8-19)11-22-12-18(23-2)7-16(22)13-24-17-4-3-5-20-9-17/h3-6,9-10,16,18H,7,11-13H2,1-2H3/t16-,18+/m0/s1. The van der Waals surface area contributed by atoms with Crippen molar-refractivity contribution in [2.45, 2.75) is 25.1 Å². The Morgan fingerprint density at radius 2 is 2.33 bits per heavy atom. The van der Waals surface area contributed by atoms with E-state index in [0.717, 1.165) is 30.8 Å². The third-order valence-electron chi connectivity index (χ3n) is 4.46. The Labute approximate surface area is 142 Å². The Balaban J connectivity index is 1.65. The molecule has 0 radical (unpaired) electrons. The van der Waals surface area contributed by atoms with E-state index < -0.39 is 0 Å². The predicted molar refractivity (Wildman–Crippen MR) is 89.5 cm³/mol. The predicted octanol–water partition coefficient (Wildman–Crippen LogP) is 1.96. The molecule has 0 spiro atoms. The van der Waals surface area contributed by atoms with E-state index in [1.807, 2.05) is 36.0 Å². The van der Waals surface area contributed by atoms with E-state index in [9.17, 15) is 0 Å². The molecule has 1 saturated heterocycles. The molecule has 2 atom stereocenters. The highest BCUT2D eigenvalue weighted by molar-refractivity contribution is 5.28. The maximum Gasteiger partial charge on any atom is 0.137 e. The first-order chi connectivity index (χ1) is 11.7. The van der Waals surface area contributed by atoms with Crippen molar-refractivity contribution in [3.8, 4) is 11.8 Å². The average Bonchev–Trinajstić information content (AvgIpc) is 3.16. The Bertz CT molecular complexity index is 708. The molecular weight excluding hydrogens is 304 g/mol. The number of aromatic nitrogens is 2. The molecule has 126 valence electrons. The quantitative estimate of drug-likeness (QED) is 0.812. The maximum absolute atomic E-state index is 9.10. The van der Waals surface area contributed by atoms with E-state index >= 15 is 0 Å². The van der Waals surface area contributed by atoms with Gasteiger partial charge in [0.05, 0.1) is 12.3 Å². The third-order valence-corrected chi connectivity index (χ3v) is 4.46. The van der Waals surface area contributed by atoms with E-state index in [1.165, 1.54) is 0 Å². The summed E-state index contributed by atoms with van der Waals surface area (Å²) in [4.78, 5) is 6.44. The summed E-state index contributed by atoms with van der Waals surface area (Å²) >= 11 is 0. The van der Waals surface area contributed by atoms with Gasteiger partial charge < -0.3 is 14.0 Å². The molecule has 6 heteroatoms. The summed E-state index contributed by atoms with van der Waals surface area (Å²) in [6, 6.07) is 8.21. The second-order valence-corrected chi connectivity index (χ2v) is 6.13. The van der Waals surface area contributed by atoms with Gasteiger partial charge in [0.1, 0.15) is 24.1 Å². The number of ether oxygens (including phenoxy) is 2. The fraction of sp³-hybridized carbons (Fsp3) is 0.444. The number of rotatable bonds is 6. The van der Waals surface area contributed by atoms with Crippen molar-refractivity contribution in [3.63, 3.8) is 0 Å². The molecule has 0 bridgehead atoms. The van der Waals surface area contributed by atoms with Crippen LogP contribution in [0.3, 0.4) is 0 Å². The summed E-state index contributed by atoms with van der Waals surface area (Å²) in [5, 5.41) is 9.10. The van der Waals surface area contributed by atoms with Gasteiger partial charge in [0.15, 0.2) is 0 Å². The Morgan fingerprint density at radius 3 is 3.00 bits per heavy atom. The van der Waals surface area contributed by atoms with Crippen LogP contribution in [0.4, 0.5) is 0 Å². The van der Waals surface area contributed by atoms with Crippen LogP contribution in [0.1, 0.15) is 17.7 Å². The first kappa shape index (κ1) is 16.5. The molecule has 2 aromatic heterocycles. The summed E-state index contributed by atoms with van der Waals surface area (Å²) in [6.07, 6.45) is 6.62. The number of likely N-dealkylation sites (tertiary alicyclic amines) is 1. The van der Waals surface area contributed by atoms with Gasteiger partial charge in [0.2, 0.25) is 0 Å². The normalized spacial score (nSPS) is 20.9. The first-order valence-corrected chi connectivity index (χ1v) is 8.04. The van der Waals surface area contributed by atoms with Crippen LogP contribution in [0.15, 0.2) is 36.8 Å². The van der Waals surface area contributed by atoms with Gasteiger partial charge in [-0.3, -0.25) is 9.88 Å². The zero-order valence-electron chi connectivity index (χ0n) is 14.1. The van der Waals surface area contributed by atoms with E-state index in [-0.39, 0.29) is 12.1 Å². The zero-order valence-corrected chi connectivity index (χ0v) is 14.1. The smallest absolute Gasteiger partial charge is 0.137 e. The zero-order chi connectivity index (χ0) is 16.9. The maximum atomic E-state index is 9.10. The minimum absolute atomic E-state index is 0.214. The number of nitriles is 1. The summed E-state index contributed by atoms with van der Waals surface area (Å²) in [5.41, 5.74) is 1.81. The Kier molecular flexibility index (Phi) is 5.14. The van der Waals surface area contributed by atoms with Crippen molar-refractivity contribution in [3.05, 3.63) is 48.0 Å². The van der Waals surface area contributed by atoms with Crippen LogP contribution in [-0.2, 0) is 18.3 Å². The summed E-state index contributed by atoms with van der Waals surface area (Å²) in [7, 11) is 3.65. The molecule has 0 N–H and O–H groups in total. The minimum atomic E-state index is 0.214. The van der Waals surface area contributed by atoms with Crippen LogP contribution in [0, 0.1) is 11.3 Å². The number of hydrogen-bond acceptors (Lipinski definition) is 5. The van der Waals surface area contributed by atoms with Crippen molar-refractivity contribution >= 4 is 0 Å². The number of nitrogens with zero attached hydrogens (tertiary/aromatic N) is 4. The number of hydrogen-bond donors (Lipinski definition) is 0. The van der Waals surface area contributed by atoms with Crippen LogP contribution in [0.5, 0.6) is 5.75 Å². The minimum Gasteiger partial charge on any atom is -0.490 e. The van der Waals surface area contributed by atoms with Crippen molar-refractivity contribution in [1.82, 2.24) is 14.5 Å². The fourth-order valence-corrected chi connectivity index (χ4v) is 3.17. The fourth-order valence-electron chi connectivity index (χ4n) is 3.17. The van der Waals surface area contributed by atoms with Gasteiger partial charge in [-0.25, -0.2) is 0 Å². The topological polar surface area (TPSA) is 63.3 Å². The second kappa shape index (κ2) is 7.47. The highest BCUT2D eigenvalue weighted by Gasteiger charge is 2.32. The Morgan fingerprint density at radius 1 is 1.46 bits per heavy atom. The molecule has 0 aliphatic carbocycles. The van der Waals surface area contributed by atoms with Crippen LogP contribution >= 0.6 is 0 Å². The number of aryl methyl sites for hydroxylation is 1.